The molecule has 0 spiro atoms. The summed E-state index contributed by atoms with van der Waals surface area (Å²) in [6.45, 7) is 6.54. The number of aromatic nitrogens is 3. The lowest BCUT2D eigenvalue weighted by molar-refractivity contribution is -0.340. The van der Waals surface area contributed by atoms with Crippen LogP contribution in [0.3, 0.4) is 0 Å². The Balaban J connectivity index is 1.06. The lowest BCUT2D eigenvalue weighted by Gasteiger charge is -2.50. The number of amides is 2. The molecule has 6 fully saturated rings. The maximum absolute atomic E-state index is 14.1. The van der Waals surface area contributed by atoms with Crippen molar-refractivity contribution in [1.29, 1.82) is 0 Å². The highest BCUT2D eigenvalue weighted by Crippen LogP contribution is 2.41. The molecule has 2 saturated carbocycles. The molecule has 1 aromatic heterocycles. The Morgan fingerprint density at radius 3 is 2.21 bits per heavy atom. The van der Waals surface area contributed by atoms with Crippen LogP contribution in [0.25, 0.3) is 11.3 Å². The Morgan fingerprint density at radius 2 is 1.54 bits per heavy atom. The molecule has 0 bridgehead atoms. The minimum absolute atomic E-state index is 0.0476. The number of aryl methyl sites for hydroxylation is 1. The smallest absolute Gasteiger partial charge is 0.251 e. The van der Waals surface area contributed by atoms with Crippen molar-refractivity contribution in [2.45, 2.75) is 202 Å². The summed E-state index contributed by atoms with van der Waals surface area (Å²) in [5.74, 6) is -1.26. The molecule has 72 heavy (non-hydrogen) atoms. The van der Waals surface area contributed by atoms with E-state index in [0.29, 0.717) is 38.0 Å². The van der Waals surface area contributed by atoms with Crippen LogP contribution < -0.4 is 5.32 Å². The summed E-state index contributed by atoms with van der Waals surface area (Å²) in [7, 11) is 0. The minimum atomic E-state index is -1.66. The summed E-state index contributed by atoms with van der Waals surface area (Å²) in [5, 5.41) is 99.9. The van der Waals surface area contributed by atoms with Crippen LogP contribution >= 0.6 is 0 Å². The van der Waals surface area contributed by atoms with Crippen molar-refractivity contribution in [2.75, 3.05) is 32.9 Å². The molecule has 20 atom stereocenters. The monoisotopic (exact) mass is 1020 g/mol. The fraction of sp³-hybridized carbons (Fsp3) is 0.800. The quantitative estimate of drug-likeness (QED) is 0.0936. The third kappa shape index (κ3) is 12.3. The highest BCUT2D eigenvalue weighted by Gasteiger charge is 2.53. The first-order valence-corrected chi connectivity index (χ1v) is 26.0. The topological polar surface area (TPSA) is 307 Å². The van der Waals surface area contributed by atoms with Gasteiger partial charge in [-0.15, -0.1) is 5.10 Å². The molecule has 22 nitrogen and oxygen atoms in total. The maximum Gasteiger partial charge on any atom is 0.251 e. The molecule has 22 heteroatoms. The highest BCUT2D eigenvalue weighted by atomic mass is 16.7. The van der Waals surface area contributed by atoms with Crippen LogP contribution in [0.4, 0.5) is 0 Å². The number of benzene rings is 1. The fourth-order valence-corrected chi connectivity index (χ4v) is 11.5. The molecule has 6 aliphatic rings. The van der Waals surface area contributed by atoms with Gasteiger partial charge in [0.25, 0.3) is 5.91 Å². The standard InChI is InChI=1S/C50H77N5O17/c1-5-30-18-29(24-66-49-42(62)38(40(60)35(22-56)71-49)55-21-32(52-53-55)31-14-9-11-25(2)17-31)20-33(45(30)72-50-44(64)43(63)39(59)26(3)67-50)69-48-37(51-27(4)58)46(41(61)36(23-57)70-48)68-34(47(65)54-15-10-16-54)19-28-12-7-6-8-13-28/h9,11,14,17,21,26,28-30,33-46,48-50,56-57,59-64H,5-8,10,12-13,15-16,18-20,22-24H2,1-4H3,(H,51,58)/t26?,29?,30?,33-,34+,35?,36+,37?,38?,39-,40-,41+,42?,43+,44?,45-,46?,48-,49+,50+/m1/s1. The molecule has 9 N–H and O–H groups in total. The van der Waals surface area contributed by atoms with Crippen LogP contribution in [0.1, 0.15) is 96.6 Å². The minimum Gasteiger partial charge on any atom is -0.394 e. The summed E-state index contributed by atoms with van der Waals surface area (Å²) in [5.41, 5.74) is 2.29. The van der Waals surface area contributed by atoms with Gasteiger partial charge in [-0.1, -0.05) is 74.4 Å². The van der Waals surface area contributed by atoms with E-state index in [1.807, 2.05) is 38.1 Å². The average molecular weight is 1020 g/mol. The van der Waals surface area contributed by atoms with E-state index >= 15 is 0 Å². The van der Waals surface area contributed by atoms with E-state index in [2.05, 4.69) is 15.6 Å². The normalized spacial score (nSPS) is 39.3. The Labute approximate surface area is 419 Å². The van der Waals surface area contributed by atoms with Gasteiger partial charge in [0, 0.05) is 25.6 Å². The Kier molecular flexibility index (Phi) is 18.8. The van der Waals surface area contributed by atoms with E-state index in [9.17, 15) is 50.4 Å². The van der Waals surface area contributed by atoms with Gasteiger partial charge in [-0.3, -0.25) is 9.59 Å². The molecule has 8 rings (SSSR count). The number of carbonyl (C=O) groups excluding carboxylic acids is 2. The summed E-state index contributed by atoms with van der Waals surface area (Å²) in [6, 6.07) is 5.27. The lowest BCUT2D eigenvalue weighted by Crippen LogP contribution is -2.67. The molecule has 2 aliphatic carbocycles. The SMILES string of the molecule is CCC1CC(CO[C@H]2OC(CO)[C@@H](O)C(n3cc(-c4cccc(C)c4)nn3)C2O)C[C@@H](O[C@@H]2O[C@@H](CO)[C@H](O)C(O[C@@H](CC3CCCCC3)C(=O)N3CCC3)C2NC(C)=O)[C@@H]1O[C@@H]1OC(C)[C@@H](O)[C@H](O)C1O. The number of carbonyl (C=O) groups is 2. The molecule has 404 valence electrons. The van der Waals surface area contributed by atoms with Gasteiger partial charge in [0.2, 0.25) is 5.91 Å². The van der Waals surface area contributed by atoms with Crippen LogP contribution in [0.15, 0.2) is 30.5 Å². The first-order valence-electron chi connectivity index (χ1n) is 26.0. The summed E-state index contributed by atoms with van der Waals surface area (Å²) < 4.78 is 46.1. The maximum atomic E-state index is 14.1. The van der Waals surface area contributed by atoms with Gasteiger partial charge < -0.3 is 84.2 Å². The molecule has 5 heterocycles. The van der Waals surface area contributed by atoms with Gasteiger partial charge in [0.15, 0.2) is 18.9 Å². The molecule has 1 aromatic carbocycles. The molecule has 9 unspecified atom stereocenters. The van der Waals surface area contributed by atoms with Crippen molar-refractivity contribution in [1.82, 2.24) is 25.2 Å². The van der Waals surface area contributed by atoms with E-state index in [-0.39, 0.29) is 36.7 Å². The molecule has 4 saturated heterocycles. The van der Waals surface area contributed by atoms with E-state index in [1.54, 1.807) is 11.1 Å². The van der Waals surface area contributed by atoms with Crippen LogP contribution in [-0.2, 0) is 42.7 Å². The van der Waals surface area contributed by atoms with Crippen molar-refractivity contribution in [3.8, 4) is 11.3 Å². The van der Waals surface area contributed by atoms with Crippen molar-refractivity contribution >= 4 is 11.8 Å². The number of nitrogens with zero attached hydrogens (tertiary/aromatic N) is 4. The zero-order valence-electron chi connectivity index (χ0n) is 41.7. The largest absolute Gasteiger partial charge is 0.394 e. The van der Waals surface area contributed by atoms with E-state index in [1.165, 1.54) is 18.5 Å². The first-order chi connectivity index (χ1) is 34.6. The van der Waals surface area contributed by atoms with Crippen LogP contribution in [-0.4, -0.2) is 210 Å². The summed E-state index contributed by atoms with van der Waals surface area (Å²) in [4.78, 5) is 28.9. The Bertz CT molecular complexity index is 2060. The second kappa shape index (κ2) is 24.6. The third-order valence-electron chi connectivity index (χ3n) is 15.7. The number of hydrogen-bond acceptors (Lipinski definition) is 19. The van der Waals surface area contributed by atoms with Crippen molar-refractivity contribution in [3.05, 3.63) is 36.0 Å². The van der Waals surface area contributed by atoms with Gasteiger partial charge in [-0.25, -0.2) is 4.68 Å². The molecule has 2 aromatic rings. The van der Waals surface area contributed by atoms with Crippen LogP contribution in [0, 0.1) is 24.7 Å². The molecular formula is C50H77N5O17. The number of ether oxygens (including phenoxy) is 7. The van der Waals surface area contributed by atoms with Crippen molar-refractivity contribution < 1.29 is 83.6 Å². The zero-order valence-corrected chi connectivity index (χ0v) is 41.7. The van der Waals surface area contributed by atoms with Gasteiger partial charge in [-0.05, 0) is 63.4 Å². The highest BCUT2D eigenvalue weighted by molar-refractivity contribution is 5.81. The summed E-state index contributed by atoms with van der Waals surface area (Å²) >= 11 is 0. The number of nitrogens with one attached hydrogen (secondary N) is 1. The Morgan fingerprint density at radius 1 is 0.819 bits per heavy atom. The number of aliphatic hydroxyl groups excluding tert-OH is 8. The lowest BCUT2D eigenvalue weighted by atomic mass is 9.76. The van der Waals surface area contributed by atoms with Crippen molar-refractivity contribution in [3.63, 3.8) is 0 Å². The third-order valence-corrected chi connectivity index (χ3v) is 15.7. The van der Waals surface area contributed by atoms with Gasteiger partial charge in [-0.2, -0.15) is 0 Å². The number of rotatable bonds is 18. The van der Waals surface area contributed by atoms with E-state index in [0.717, 1.165) is 49.7 Å². The zero-order chi connectivity index (χ0) is 51.4. The predicted octanol–water partition coefficient (Wildman–Crippen LogP) is -0.176. The Hall–Kier alpha value is -3.30. The van der Waals surface area contributed by atoms with Crippen LogP contribution in [0.2, 0.25) is 0 Å². The predicted molar refractivity (Wildman–Crippen MR) is 252 cm³/mol. The molecule has 4 aliphatic heterocycles. The van der Waals surface area contributed by atoms with E-state index < -0.39 is 129 Å². The average Bonchev–Trinajstić information content (AvgIpc) is 3.84. The molecular weight excluding hydrogens is 943 g/mol. The number of likely N-dealkylation sites (tertiary alicyclic amines) is 1. The summed E-state index contributed by atoms with van der Waals surface area (Å²) in [6.07, 6.45) is -11.8. The first kappa shape index (κ1) is 54.9. The van der Waals surface area contributed by atoms with Crippen molar-refractivity contribution in [2.24, 2.45) is 17.8 Å². The fourth-order valence-electron chi connectivity index (χ4n) is 11.5. The second-order valence-corrected chi connectivity index (χ2v) is 20.9. The van der Waals surface area contributed by atoms with Gasteiger partial charge >= 0.3 is 0 Å². The van der Waals surface area contributed by atoms with Crippen LogP contribution in [0.5, 0.6) is 0 Å². The number of aliphatic hydroxyl groups is 8. The molecule has 2 amide bonds. The second-order valence-electron chi connectivity index (χ2n) is 20.9. The van der Waals surface area contributed by atoms with Gasteiger partial charge in [0.1, 0.15) is 78.8 Å². The molecule has 0 radical (unpaired) electrons. The number of hydrogen-bond donors (Lipinski definition) is 9. The van der Waals surface area contributed by atoms with Gasteiger partial charge in [0.05, 0.1) is 44.3 Å². The van der Waals surface area contributed by atoms with E-state index in [4.69, 9.17) is 33.2 Å².